The Labute approximate surface area is 99.9 Å². The molecule has 17 heavy (non-hydrogen) atoms. The Morgan fingerprint density at radius 2 is 2.24 bits per heavy atom. The molecule has 0 aliphatic carbocycles. The van der Waals surface area contributed by atoms with E-state index in [1.54, 1.807) is 19.4 Å². The monoisotopic (exact) mass is 236 g/mol. The first-order valence-corrected chi connectivity index (χ1v) is 5.57. The summed E-state index contributed by atoms with van der Waals surface area (Å²) in [5.74, 6) is -0.103. The number of Topliss-reactive ketones (excluding diaryl/α,β-unsaturated/α-hetero) is 1. The highest BCUT2D eigenvalue weighted by Gasteiger charge is 2.41. The standard InChI is InChI=1S/C12H16N2O3/c1-16-12(3-6-17-7-4-12)11(15)9-8-14-5-2-10(9)13/h2,5,8H,3-4,6-7H2,1H3,(H2,13,14). The van der Waals surface area contributed by atoms with Gasteiger partial charge in [0.25, 0.3) is 0 Å². The second-order valence-corrected chi connectivity index (χ2v) is 4.10. The average Bonchev–Trinajstić information content (AvgIpc) is 2.39. The summed E-state index contributed by atoms with van der Waals surface area (Å²) in [6, 6.07) is 1.62. The van der Waals surface area contributed by atoms with Crippen molar-refractivity contribution in [3.8, 4) is 0 Å². The summed E-state index contributed by atoms with van der Waals surface area (Å²) in [4.78, 5) is 16.4. The van der Waals surface area contributed by atoms with Gasteiger partial charge in [-0.1, -0.05) is 0 Å². The van der Waals surface area contributed by atoms with Crippen molar-refractivity contribution in [1.29, 1.82) is 0 Å². The van der Waals surface area contributed by atoms with Crippen LogP contribution in [0.2, 0.25) is 0 Å². The molecular formula is C12H16N2O3. The lowest BCUT2D eigenvalue weighted by Gasteiger charge is -2.34. The molecule has 2 N–H and O–H groups in total. The average molecular weight is 236 g/mol. The van der Waals surface area contributed by atoms with Crippen LogP contribution in [0.3, 0.4) is 0 Å². The van der Waals surface area contributed by atoms with Crippen LogP contribution in [0, 0.1) is 0 Å². The topological polar surface area (TPSA) is 74.4 Å². The lowest BCUT2D eigenvalue weighted by atomic mass is 9.85. The van der Waals surface area contributed by atoms with Gasteiger partial charge in [0.1, 0.15) is 5.60 Å². The highest BCUT2D eigenvalue weighted by atomic mass is 16.5. The molecule has 0 spiro atoms. The molecule has 1 aliphatic heterocycles. The van der Waals surface area contributed by atoms with Gasteiger partial charge in [0.2, 0.25) is 0 Å². The van der Waals surface area contributed by atoms with Crippen LogP contribution in [-0.4, -0.2) is 36.7 Å². The summed E-state index contributed by atoms with van der Waals surface area (Å²) in [6.07, 6.45) is 4.16. The Hall–Kier alpha value is -1.46. The number of aromatic nitrogens is 1. The second-order valence-electron chi connectivity index (χ2n) is 4.10. The van der Waals surface area contributed by atoms with Gasteiger partial charge in [-0.05, 0) is 6.07 Å². The zero-order chi connectivity index (χ0) is 12.3. The number of carbonyl (C=O) groups excluding carboxylic acids is 1. The fourth-order valence-electron chi connectivity index (χ4n) is 2.07. The maximum atomic E-state index is 12.5. The minimum Gasteiger partial charge on any atom is -0.398 e. The molecule has 1 fully saturated rings. The molecule has 1 saturated heterocycles. The van der Waals surface area contributed by atoms with Crippen molar-refractivity contribution < 1.29 is 14.3 Å². The molecule has 1 aromatic rings. The number of hydrogen-bond donors (Lipinski definition) is 1. The van der Waals surface area contributed by atoms with Crippen molar-refractivity contribution in [2.45, 2.75) is 18.4 Å². The fraction of sp³-hybridized carbons (Fsp3) is 0.500. The van der Waals surface area contributed by atoms with E-state index in [1.807, 2.05) is 0 Å². The van der Waals surface area contributed by atoms with Gasteiger partial charge in [-0.25, -0.2) is 0 Å². The number of pyridine rings is 1. The maximum absolute atomic E-state index is 12.5. The van der Waals surface area contributed by atoms with Gasteiger partial charge >= 0.3 is 0 Å². The quantitative estimate of drug-likeness (QED) is 0.794. The maximum Gasteiger partial charge on any atom is 0.198 e. The third-order valence-corrected chi connectivity index (χ3v) is 3.20. The van der Waals surface area contributed by atoms with Crippen molar-refractivity contribution in [1.82, 2.24) is 4.98 Å². The molecule has 5 heteroatoms. The van der Waals surface area contributed by atoms with Gasteiger partial charge in [0, 0.05) is 51.2 Å². The highest BCUT2D eigenvalue weighted by Crippen LogP contribution is 2.30. The predicted octanol–water partition coefficient (Wildman–Crippen LogP) is 1.04. The van der Waals surface area contributed by atoms with Crippen molar-refractivity contribution in [2.75, 3.05) is 26.1 Å². The van der Waals surface area contributed by atoms with Crippen LogP contribution in [-0.2, 0) is 9.47 Å². The first-order valence-electron chi connectivity index (χ1n) is 5.57. The van der Waals surface area contributed by atoms with Crippen LogP contribution in [0.15, 0.2) is 18.5 Å². The SMILES string of the molecule is COC1(C(=O)c2cnccc2N)CCOCC1. The number of nitrogens with two attached hydrogens (primary N) is 1. The molecule has 2 rings (SSSR count). The Kier molecular flexibility index (Phi) is 3.40. The largest absolute Gasteiger partial charge is 0.398 e. The zero-order valence-electron chi connectivity index (χ0n) is 9.81. The van der Waals surface area contributed by atoms with E-state index in [2.05, 4.69) is 4.98 Å². The van der Waals surface area contributed by atoms with E-state index >= 15 is 0 Å². The van der Waals surface area contributed by atoms with Crippen molar-refractivity contribution >= 4 is 11.5 Å². The molecule has 0 saturated carbocycles. The fourth-order valence-corrected chi connectivity index (χ4v) is 2.07. The minimum atomic E-state index is -0.810. The molecule has 0 amide bonds. The molecule has 5 nitrogen and oxygen atoms in total. The minimum absolute atomic E-state index is 0.103. The van der Waals surface area contributed by atoms with E-state index in [4.69, 9.17) is 15.2 Å². The first kappa shape index (κ1) is 12.0. The number of ether oxygens (including phenoxy) is 2. The normalized spacial score (nSPS) is 18.9. The van der Waals surface area contributed by atoms with Crippen LogP contribution in [0.25, 0.3) is 0 Å². The molecule has 0 radical (unpaired) electrons. The second kappa shape index (κ2) is 4.81. The number of nitrogen functional groups attached to an aromatic ring is 1. The summed E-state index contributed by atoms with van der Waals surface area (Å²) in [5.41, 5.74) is 5.85. The Morgan fingerprint density at radius 1 is 1.53 bits per heavy atom. The van der Waals surface area contributed by atoms with Crippen molar-refractivity contribution in [3.05, 3.63) is 24.0 Å². The molecule has 0 atom stereocenters. The summed E-state index contributed by atoms with van der Waals surface area (Å²) < 4.78 is 10.7. The Morgan fingerprint density at radius 3 is 2.82 bits per heavy atom. The highest BCUT2D eigenvalue weighted by molar-refractivity contribution is 6.06. The first-order chi connectivity index (χ1) is 8.19. The van der Waals surface area contributed by atoms with Crippen LogP contribution >= 0.6 is 0 Å². The summed E-state index contributed by atoms with van der Waals surface area (Å²) in [5, 5.41) is 0. The third-order valence-electron chi connectivity index (χ3n) is 3.20. The molecule has 92 valence electrons. The van der Waals surface area contributed by atoms with E-state index in [0.29, 0.717) is 37.3 Å². The van der Waals surface area contributed by atoms with E-state index in [9.17, 15) is 4.79 Å². The van der Waals surface area contributed by atoms with Gasteiger partial charge in [0.05, 0.1) is 5.56 Å². The number of methoxy groups -OCH3 is 1. The van der Waals surface area contributed by atoms with Crippen LogP contribution in [0.4, 0.5) is 5.69 Å². The van der Waals surface area contributed by atoms with Gasteiger partial charge in [0.15, 0.2) is 5.78 Å². The lowest BCUT2D eigenvalue weighted by Crippen LogP contribution is -2.46. The number of rotatable bonds is 3. The molecule has 1 aliphatic rings. The third kappa shape index (κ3) is 2.16. The number of anilines is 1. The Bertz CT molecular complexity index is 414. The van der Waals surface area contributed by atoms with Crippen molar-refractivity contribution in [2.24, 2.45) is 0 Å². The number of hydrogen-bond acceptors (Lipinski definition) is 5. The molecule has 1 aromatic heterocycles. The number of nitrogens with zero attached hydrogens (tertiary/aromatic N) is 1. The van der Waals surface area contributed by atoms with Gasteiger partial charge in [-0.15, -0.1) is 0 Å². The molecular weight excluding hydrogens is 220 g/mol. The molecule has 0 aromatic carbocycles. The van der Waals surface area contributed by atoms with Gasteiger partial charge in [-0.3, -0.25) is 9.78 Å². The lowest BCUT2D eigenvalue weighted by molar-refractivity contribution is -0.0662. The Balaban J connectivity index is 2.32. The summed E-state index contributed by atoms with van der Waals surface area (Å²) in [6.45, 7) is 1.06. The summed E-state index contributed by atoms with van der Waals surface area (Å²) >= 11 is 0. The van der Waals surface area contributed by atoms with E-state index < -0.39 is 5.60 Å². The van der Waals surface area contributed by atoms with E-state index in [0.717, 1.165) is 0 Å². The zero-order valence-corrected chi connectivity index (χ0v) is 9.81. The number of ketones is 1. The predicted molar refractivity (Wildman–Crippen MR) is 62.8 cm³/mol. The van der Waals surface area contributed by atoms with Crippen LogP contribution < -0.4 is 5.73 Å². The van der Waals surface area contributed by atoms with Crippen LogP contribution in [0.5, 0.6) is 0 Å². The van der Waals surface area contributed by atoms with Crippen LogP contribution in [0.1, 0.15) is 23.2 Å². The smallest absolute Gasteiger partial charge is 0.198 e. The van der Waals surface area contributed by atoms with Gasteiger partial charge < -0.3 is 15.2 Å². The molecule has 0 unspecified atom stereocenters. The molecule has 2 heterocycles. The molecule has 0 bridgehead atoms. The van der Waals surface area contributed by atoms with Gasteiger partial charge in [-0.2, -0.15) is 0 Å². The summed E-state index contributed by atoms with van der Waals surface area (Å²) in [7, 11) is 1.55. The number of carbonyl (C=O) groups is 1. The van der Waals surface area contributed by atoms with Crippen molar-refractivity contribution in [3.63, 3.8) is 0 Å². The van der Waals surface area contributed by atoms with E-state index in [1.165, 1.54) is 6.20 Å². The van der Waals surface area contributed by atoms with E-state index in [-0.39, 0.29) is 5.78 Å².